The molecule has 0 bridgehead atoms. The molecule has 0 aromatic carbocycles. The number of alkyl halides is 15. The number of methoxy groups -OCH3 is 1. The van der Waals surface area contributed by atoms with E-state index < -0.39 is 95.6 Å². The molecule has 438 valence electrons. The van der Waals surface area contributed by atoms with Crippen LogP contribution >= 0.6 is 11.6 Å². The summed E-state index contributed by atoms with van der Waals surface area (Å²) in [5.74, 6) is -8.80. The van der Waals surface area contributed by atoms with Crippen LogP contribution in [0.25, 0.3) is 0 Å². The molecule has 0 rings (SSSR count). The van der Waals surface area contributed by atoms with Gasteiger partial charge in [-0.05, 0) is 89.0 Å². The number of allylic oxidation sites excluding steroid dienone is 1. The minimum absolute atomic E-state index is 0. The van der Waals surface area contributed by atoms with Crippen molar-refractivity contribution >= 4 is 40.7 Å². The second kappa shape index (κ2) is 40.3. The number of aliphatic hydroxyl groups is 3. The van der Waals surface area contributed by atoms with Gasteiger partial charge in [0.25, 0.3) is 5.60 Å². The Balaban J connectivity index is -0.000000126. The molecule has 0 radical (unpaired) electrons. The maximum atomic E-state index is 13.0. The van der Waals surface area contributed by atoms with Gasteiger partial charge in [-0.3, -0.25) is 4.79 Å². The van der Waals surface area contributed by atoms with E-state index in [1.165, 1.54) is 19.6 Å². The normalized spacial score (nSPS) is 12.5. The number of ether oxygens (including phenoxy) is 4. The SMILES string of the molecule is C=C(C)C(=O)Cl.C=C(C)C(=O)OC(C(=O)OCCC(C)C)(C(F)(F)F)C(F)(F)F.CC(C)CCO.CC(C)CCOC(=O)C(O)(C(F)(F)F)C(F)(F)F.CCN(CC)CC.COC(=O)C(C)(O)C(F)(F)F.C[O-].[Na+]. The third-order valence-electron chi connectivity index (χ3n) is 8.17. The maximum absolute atomic E-state index is 13.0. The van der Waals surface area contributed by atoms with Crippen LogP contribution in [0.2, 0.25) is 0 Å². The first kappa shape index (κ1) is 87.7. The molecular formula is C43H70ClF15NNaO13. The molecule has 0 aliphatic heterocycles. The Bertz CT molecular complexity index is 1550. The summed E-state index contributed by atoms with van der Waals surface area (Å²) in [5, 5.41) is 33.1. The number of hydrogen-bond acceptors (Lipinski definition) is 14. The molecule has 0 aliphatic carbocycles. The summed E-state index contributed by atoms with van der Waals surface area (Å²) < 4.78 is 201. The Kier molecular flexibility index (Phi) is 47.8. The molecule has 0 saturated heterocycles. The molecule has 74 heavy (non-hydrogen) atoms. The van der Waals surface area contributed by atoms with Crippen molar-refractivity contribution in [1.82, 2.24) is 4.90 Å². The standard InChI is InChI=1S/C13H16F6O4.C9H12F6O3.C6H15N.C5H7F3O3.C5H12O.C4H5ClO.CH3O.Na/c1-7(2)5-6-22-10(21)11(12(14,15)16,13(17,18)19)23-9(20)8(3)4;1-5(2)3-4-18-6(16)7(17,8(10,11)12)9(13,14)15;1-4-7(5-2)6-3;1-4(10,3(9)11-2)5(6,7)8;1-5(2)3-4-6;1-3(2)4(5)6;1-2;/h7H,3,5-6H2,1-2,4H3;5,17H,3-4H2,1-2H3;4-6H2,1-3H3;10H,1-2H3;5-6H,3-4H2,1-2H3;1H2,2H3;1H3;/q;;;;;;-1;+1. The van der Waals surface area contributed by atoms with E-state index in [2.05, 4.69) is 71.6 Å². The van der Waals surface area contributed by atoms with Crippen molar-refractivity contribution in [2.45, 2.75) is 150 Å². The van der Waals surface area contributed by atoms with Gasteiger partial charge in [-0.25, -0.2) is 19.2 Å². The molecule has 3 N–H and O–H groups in total. The average molecular weight is 1150 g/mol. The molecule has 0 heterocycles. The van der Waals surface area contributed by atoms with Crippen LogP contribution < -0.4 is 34.7 Å². The molecule has 0 aromatic heterocycles. The molecular weight excluding hydrogens is 1080 g/mol. The van der Waals surface area contributed by atoms with Crippen LogP contribution in [0.15, 0.2) is 24.3 Å². The van der Waals surface area contributed by atoms with Crippen molar-refractivity contribution in [1.29, 1.82) is 0 Å². The van der Waals surface area contributed by atoms with E-state index in [0.29, 0.717) is 25.0 Å². The van der Waals surface area contributed by atoms with Crippen LogP contribution in [-0.4, -0.2) is 151 Å². The predicted molar refractivity (Wildman–Crippen MR) is 234 cm³/mol. The molecule has 0 spiro atoms. The van der Waals surface area contributed by atoms with Crippen molar-refractivity contribution in [2.75, 3.05) is 53.7 Å². The summed E-state index contributed by atoms with van der Waals surface area (Å²) >= 11 is 4.87. The Hall–Kier alpha value is -2.93. The summed E-state index contributed by atoms with van der Waals surface area (Å²) in [6.45, 7) is 28.7. The zero-order valence-electron chi connectivity index (χ0n) is 43.9. The number of nitrogens with zero attached hydrogens (tertiary/aromatic N) is 1. The molecule has 0 amide bonds. The molecule has 0 aliphatic rings. The third kappa shape index (κ3) is 34.7. The van der Waals surface area contributed by atoms with Gasteiger partial charge in [0.2, 0.25) is 5.24 Å². The largest absolute Gasteiger partial charge is 1.00 e. The van der Waals surface area contributed by atoms with Gasteiger partial charge in [0, 0.05) is 17.8 Å². The number of halogens is 16. The quantitative estimate of drug-likeness (QED) is 0.0373. The van der Waals surface area contributed by atoms with Crippen molar-refractivity contribution in [2.24, 2.45) is 17.8 Å². The fourth-order valence-electron chi connectivity index (χ4n) is 3.39. The second-order valence-electron chi connectivity index (χ2n) is 15.8. The first-order valence-corrected chi connectivity index (χ1v) is 21.6. The second-order valence-corrected chi connectivity index (χ2v) is 16.2. The van der Waals surface area contributed by atoms with E-state index in [1.807, 2.05) is 0 Å². The van der Waals surface area contributed by atoms with E-state index in [0.717, 1.165) is 27.6 Å². The zero-order valence-corrected chi connectivity index (χ0v) is 46.7. The van der Waals surface area contributed by atoms with Crippen LogP contribution in [0.4, 0.5) is 65.9 Å². The van der Waals surface area contributed by atoms with Crippen LogP contribution in [0, 0.1) is 17.8 Å². The first-order valence-electron chi connectivity index (χ1n) is 21.2. The summed E-state index contributed by atoms with van der Waals surface area (Å²) in [7, 11) is 1.52. The van der Waals surface area contributed by atoms with Crippen molar-refractivity contribution < 1.29 is 159 Å². The van der Waals surface area contributed by atoms with Crippen LogP contribution in [0.3, 0.4) is 0 Å². The number of esters is 4. The average Bonchev–Trinajstić information content (AvgIpc) is 3.21. The van der Waals surface area contributed by atoms with Gasteiger partial charge in [0.05, 0.1) is 20.3 Å². The summed E-state index contributed by atoms with van der Waals surface area (Å²) in [6.07, 6.45) is -28.9. The van der Waals surface area contributed by atoms with E-state index in [4.69, 9.17) is 32.0 Å². The molecule has 0 fully saturated rings. The summed E-state index contributed by atoms with van der Waals surface area (Å²) in [6, 6.07) is 0. The molecule has 14 nitrogen and oxygen atoms in total. The van der Waals surface area contributed by atoms with E-state index in [1.54, 1.807) is 34.6 Å². The van der Waals surface area contributed by atoms with Gasteiger partial charge < -0.3 is 44.3 Å². The minimum atomic E-state index is -6.26. The topological polar surface area (TPSA) is 209 Å². The monoisotopic (exact) mass is 1150 g/mol. The number of carbonyl (C=O) groups excluding carboxylic acids is 5. The van der Waals surface area contributed by atoms with Gasteiger partial charge in [-0.15, -0.1) is 0 Å². The molecule has 1 atom stereocenters. The van der Waals surface area contributed by atoms with Crippen molar-refractivity contribution in [3.8, 4) is 0 Å². The fourth-order valence-corrected chi connectivity index (χ4v) is 3.39. The molecule has 1 unspecified atom stereocenters. The number of rotatable bonds is 17. The van der Waals surface area contributed by atoms with Crippen LogP contribution in [0.1, 0.15) is 102 Å². The zero-order chi connectivity index (χ0) is 60.5. The molecule has 0 aromatic rings. The smallest absolute Gasteiger partial charge is 0.857 e. The van der Waals surface area contributed by atoms with Crippen LogP contribution in [-0.2, 0) is 42.9 Å². The predicted octanol–water partition coefficient (Wildman–Crippen LogP) is 6.14. The minimum Gasteiger partial charge on any atom is -0.857 e. The van der Waals surface area contributed by atoms with Crippen molar-refractivity contribution in [3.63, 3.8) is 0 Å². The van der Waals surface area contributed by atoms with E-state index in [9.17, 15) is 89.8 Å². The Morgan fingerprint density at radius 2 is 0.878 bits per heavy atom. The first-order chi connectivity index (χ1) is 32.5. The van der Waals surface area contributed by atoms with Gasteiger partial charge in [-0.1, -0.05) is 75.5 Å². The van der Waals surface area contributed by atoms with Crippen molar-refractivity contribution in [3.05, 3.63) is 24.3 Å². The van der Waals surface area contributed by atoms with Crippen LogP contribution in [0.5, 0.6) is 0 Å². The Morgan fingerprint density at radius 3 is 1.03 bits per heavy atom. The summed E-state index contributed by atoms with van der Waals surface area (Å²) in [5.41, 5.74) is -14.7. The van der Waals surface area contributed by atoms with E-state index >= 15 is 0 Å². The fraction of sp³-hybridized carbons (Fsp3) is 0.791. The number of aliphatic hydroxyl groups excluding tert-OH is 1. The molecule has 31 heteroatoms. The van der Waals surface area contributed by atoms with Gasteiger partial charge in [0.15, 0.2) is 0 Å². The maximum Gasteiger partial charge on any atom is 1.00 e. The Labute approximate surface area is 448 Å². The van der Waals surface area contributed by atoms with Gasteiger partial charge in [0.1, 0.15) is 0 Å². The summed E-state index contributed by atoms with van der Waals surface area (Å²) in [4.78, 5) is 56.0. The number of hydrogen-bond donors (Lipinski definition) is 3. The van der Waals surface area contributed by atoms with Gasteiger partial charge in [-0.2, -0.15) is 73.0 Å². The van der Waals surface area contributed by atoms with Gasteiger partial charge >= 0.3 is 95.5 Å². The Morgan fingerprint density at radius 1 is 0.581 bits per heavy atom. The third-order valence-corrected chi connectivity index (χ3v) is 8.49. The van der Waals surface area contributed by atoms with E-state index in [-0.39, 0.29) is 54.2 Å². The molecule has 0 saturated carbocycles. The number of carbonyl (C=O) groups is 5.